The zero-order chi connectivity index (χ0) is 13.2. The van der Waals surface area contributed by atoms with Crippen LogP contribution in [0.15, 0.2) is 24.3 Å². The Morgan fingerprint density at radius 2 is 2.17 bits per heavy atom. The topological polar surface area (TPSA) is 73.6 Å². The summed E-state index contributed by atoms with van der Waals surface area (Å²) in [7, 11) is 1.62. The van der Waals surface area contributed by atoms with Crippen LogP contribution >= 0.6 is 0 Å². The van der Waals surface area contributed by atoms with Gasteiger partial charge in [-0.2, -0.15) is 0 Å². The molecule has 1 amide bonds. The molecule has 0 aliphatic heterocycles. The highest BCUT2D eigenvalue weighted by atomic mass is 16.5. The van der Waals surface area contributed by atoms with Crippen LogP contribution in [-0.4, -0.2) is 39.4 Å². The largest absolute Gasteiger partial charge is 0.382 e. The van der Waals surface area contributed by atoms with Crippen LogP contribution in [0.4, 0.5) is 0 Å². The van der Waals surface area contributed by atoms with E-state index >= 15 is 0 Å². The predicted molar refractivity (Wildman–Crippen MR) is 69.4 cm³/mol. The van der Waals surface area contributed by atoms with Gasteiger partial charge in [0, 0.05) is 25.8 Å². The third-order valence-electron chi connectivity index (χ3n) is 2.39. The highest BCUT2D eigenvalue weighted by Crippen LogP contribution is 2.04. The van der Waals surface area contributed by atoms with E-state index in [1.807, 2.05) is 12.1 Å². The van der Waals surface area contributed by atoms with E-state index in [0.29, 0.717) is 38.5 Å². The molecular weight excluding hydrogens is 232 g/mol. The zero-order valence-corrected chi connectivity index (χ0v) is 10.6. The average molecular weight is 252 g/mol. The number of benzene rings is 1. The molecule has 3 N–H and O–H groups in total. The van der Waals surface area contributed by atoms with Gasteiger partial charge in [-0.3, -0.25) is 4.79 Å². The van der Waals surface area contributed by atoms with Gasteiger partial charge in [0.1, 0.15) is 0 Å². The van der Waals surface area contributed by atoms with Crippen LogP contribution in [0.1, 0.15) is 15.9 Å². The van der Waals surface area contributed by atoms with Crippen molar-refractivity contribution in [2.45, 2.75) is 6.54 Å². The molecule has 0 atom stereocenters. The maximum atomic E-state index is 11.8. The van der Waals surface area contributed by atoms with Gasteiger partial charge in [0.15, 0.2) is 0 Å². The Kier molecular flexibility index (Phi) is 7.01. The molecule has 5 heteroatoms. The maximum Gasteiger partial charge on any atom is 0.251 e. The van der Waals surface area contributed by atoms with Crippen molar-refractivity contribution in [1.29, 1.82) is 0 Å². The molecule has 1 aromatic carbocycles. The van der Waals surface area contributed by atoms with Crippen molar-refractivity contribution in [3.8, 4) is 0 Å². The lowest BCUT2D eigenvalue weighted by atomic mass is 10.1. The number of carbonyl (C=O) groups is 1. The van der Waals surface area contributed by atoms with Gasteiger partial charge < -0.3 is 20.5 Å². The highest BCUT2D eigenvalue weighted by molar-refractivity contribution is 5.94. The van der Waals surface area contributed by atoms with Crippen LogP contribution in [0.25, 0.3) is 0 Å². The van der Waals surface area contributed by atoms with Crippen LogP contribution in [0.2, 0.25) is 0 Å². The molecule has 0 aromatic heterocycles. The second-order valence-electron chi connectivity index (χ2n) is 3.77. The van der Waals surface area contributed by atoms with Crippen LogP contribution in [0.3, 0.4) is 0 Å². The Hall–Kier alpha value is -1.43. The molecule has 0 aliphatic rings. The van der Waals surface area contributed by atoms with E-state index in [4.69, 9.17) is 15.2 Å². The maximum absolute atomic E-state index is 11.8. The average Bonchev–Trinajstić information content (AvgIpc) is 2.42. The molecule has 0 radical (unpaired) electrons. The minimum atomic E-state index is -0.111. The normalized spacial score (nSPS) is 10.3. The van der Waals surface area contributed by atoms with Gasteiger partial charge in [-0.05, 0) is 17.7 Å². The van der Waals surface area contributed by atoms with Crippen molar-refractivity contribution in [1.82, 2.24) is 5.32 Å². The van der Waals surface area contributed by atoms with E-state index in [2.05, 4.69) is 5.32 Å². The molecule has 18 heavy (non-hydrogen) atoms. The third-order valence-corrected chi connectivity index (χ3v) is 2.39. The Labute approximate surface area is 107 Å². The summed E-state index contributed by atoms with van der Waals surface area (Å²) in [5, 5.41) is 2.78. The van der Waals surface area contributed by atoms with Crippen LogP contribution < -0.4 is 11.1 Å². The number of amides is 1. The van der Waals surface area contributed by atoms with Gasteiger partial charge in [0.25, 0.3) is 5.91 Å². The Morgan fingerprint density at radius 1 is 1.33 bits per heavy atom. The minimum absolute atomic E-state index is 0.111. The fraction of sp³-hybridized carbons (Fsp3) is 0.462. The first-order chi connectivity index (χ1) is 8.77. The van der Waals surface area contributed by atoms with Gasteiger partial charge >= 0.3 is 0 Å². The molecule has 1 rings (SSSR count). The fourth-order valence-electron chi connectivity index (χ4n) is 1.42. The van der Waals surface area contributed by atoms with Gasteiger partial charge in [0.2, 0.25) is 0 Å². The fourth-order valence-corrected chi connectivity index (χ4v) is 1.42. The standard InChI is InChI=1S/C13H20N2O3/c1-17-7-8-18-6-5-15-13(16)12-4-2-3-11(9-12)10-14/h2-4,9H,5-8,10,14H2,1H3,(H,15,16). The van der Waals surface area contributed by atoms with Gasteiger partial charge in [-0.1, -0.05) is 12.1 Å². The summed E-state index contributed by atoms with van der Waals surface area (Å²) in [6.45, 7) is 2.49. The van der Waals surface area contributed by atoms with E-state index in [-0.39, 0.29) is 5.91 Å². The van der Waals surface area contributed by atoms with Crippen LogP contribution in [0.5, 0.6) is 0 Å². The molecule has 0 heterocycles. The molecule has 100 valence electrons. The van der Waals surface area contributed by atoms with Crippen molar-refractivity contribution in [2.75, 3.05) is 33.5 Å². The molecule has 1 aromatic rings. The molecular formula is C13H20N2O3. The van der Waals surface area contributed by atoms with Crippen LogP contribution in [-0.2, 0) is 16.0 Å². The number of carbonyl (C=O) groups excluding carboxylic acids is 1. The molecule has 5 nitrogen and oxygen atoms in total. The second-order valence-corrected chi connectivity index (χ2v) is 3.77. The first-order valence-electron chi connectivity index (χ1n) is 5.92. The first kappa shape index (κ1) is 14.6. The van der Waals surface area contributed by atoms with E-state index in [1.165, 1.54) is 0 Å². The smallest absolute Gasteiger partial charge is 0.251 e. The first-order valence-corrected chi connectivity index (χ1v) is 5.92. The number of nitrogens with one attached hydrogen (secondary N) is 1. The van der Waals surface area contributed by atoms with E-state index < -0.39 is 0 Å². The number of hydrogen-bond donors (Lipinski definition) is 2. The lowest BCUT2D eigenvalue weighted by Gasteiger charge is -2.07. The summed E-state index contributed by atoms with van der Waals surface area (Å²) < 4.78 is 10.1. The summed E-state index contributed by atoms with van der Waals surface area (Å²) in [4.78, 5) is 11.8. The summed E-state index contributed by atoms with van der Waals surface area (Å²) in [6, 6.07) is 7.28. The monoisotopic (exact) mass is 252 g/mol. The molecule has 0 aliphatic carbocycles. The van der Waals surface area contributed by atoms with Crippen molar-refractivity contribution in [2.24, 2.45) is 5.73 Å². The van der Waals surface area contributed by atoms with Crippen molar-refractivity contribution < 1.29 is 14.3 Å². The van der Waals surface area contributed by atoms with Crippen molar-refractivity contribution in [3.05, 3.63) is 35.4 Å². The summed E-state index contributed by atoms with van der Waals surface area (Å²) in [5.41, 5.74) is 7.09. The minimum Gasteiger partial charge on any atom is -0.382 e. The molecule has 0 fully saturated rings. The van der Waals surface area contributed by atoms with Gasteiger partial charge in [0.05, 0.1) is 19.8 Å². The second kappa shape index (κ2) is 8.63. The Balaban J connectivity index is 2.27. The molecule has 0 saturated heterocycles. The molecule has 0 saturated carbocycles. The SMILES string of the molecule is COCCOCCNC(=O)c1cccc(CN)c1. The molecule has 0 unspecified atom stereocenters. The van der Waals surface area contributed by atoms with E-state index in [9.17, 15) is 4.79 Å². The number of methoxy groups -OCH3 is 1. The lowest BCUT2D eigenvalue weighted by Crippen LogP contribution is -2.27. The number of rotatable bonds is 8. The summed E-state index contributed by atoms with van der Waals surface area (Å²) >= 11 is 0. The highest BCUT2D eigenvalue weighted by Gasteiger charge is 2.04. The van der Waals surface area contributed by atoms with E-state index in [1.54, 1.807) is 19.2 Å². The molecule has 0 bridgehead atoms. The predicted octanol–water partition coefficient (Wildman–Crippen LogP) is 0.538. The zero-order valence-electron chi connectivity index (χ0n) is 10.6. The number of ether oxygens (including phenoxy) is 2. The van der Waals surface area contributed by atoms with E-state index in [0.717, 1.165) is 5.56 Å². The summed E-state index contributed by atoms with van der Waals surface area (Å²) in [5.74, 6) is -0.111. The Morgan fingerprint density at radius 3 is 2.89 bits per heavy atom. The quantitative estimate of drug-likeness (QED) is 0.662. The summed E-state index contributed by atoms with van der Waals surface area (Å²) in [6.07, 6.45) is 0. The lowest BCUT2D eigenvalue weighted by molar-refractivity contribution is 0.0692. The third kappa shape index (κ3) is 5.27. The molecule has 0 spiro atoms. The van der Waals surface area contributed by atoms with Crippen molar-refractivity contribution in [3.63, 3.8) is 0 Å². The van der Waals surface area contributed by atoms with Crippen LogP contribution in [0, 0.1) is 0 Å². The van der Waals surface area contributed by atoms with Gasteiger partial charge in [-0.15, -0.1) is 0 Å². The van der Waals surface area contributed by atoms with Crippen molar-refractivity contribution >= 4 is 5.91 Å². The number of hydrogen-bond acceptors (Lipinski definition) is 4. The number of nitrogens with two attached hydrogens (primary N) is 1. The van der Waals surface area contributed by atoms with Gasteiger partial charge in [-0.25, -0.2) is 0 Å². The Bertz CT molecular complexity index is 369.